The third kappa shape index (κ3) is 2.78. The van der Waals surface area contributed by atoms with Crippen LogP contribution in [0.5, 0.6) is 5.88 Å². The van der Waals surface area contributed by atoms with Gasteiger partial charge >= 0.3 is 0 Å². The summed E-state index contributed by atoms with van der Waals surface area (Å²) in [5.74, 6) is 0.431. The molecule has 0 fully saturated rings. The Morgan fingerprint density at radius 1 is 1.64 bits per heavy atom. The van der Waals surface area contributed by atoms with Crippen LogP contribution < -0.4 is 10.5 Å². The van der Waals surface area contributed by atoms with E-state index in [9.17, 15) is 0 Å². The lowest BCUT2D eigenvalue weighted by molar-refractivity contribution is 0.300. The smallest absolute Gasteiger partial charge is 0.237 e. The second-order valence-corrected chi connectivity index (χ2v) is 4.32. The summed E-state index contributed by atoms with van der Waals surface area (Å²) in [6, 6.07) is 3.56. The van der Waals surface area contributed by atoms with Crippen molar-refractivity contribution in [2.45, 2.75) is 17.2 Å². The number of methoxy groups -OCH3 is 1. The van der Waals surface area contributed by atoms with Gasteiger partial charge in [0.05, 0.1) is 19.4 Å². The lowest BCUT2D eigenvalue weighted by Crippen LogP contribution is -2.03. The monoisotopic (exact) mass is 214 g/mol. The number of aromatic nitrogens is 1. The fraction of sp³-hybridized carbons (Fsp3) is 0.444. The van der Waals surface area contributed by atoms with Crippen LogP contribution in [0.15, 0.2) is 17.2 Å². The molecule has 0 amide bonds. The first kappa shape index (κ1) is 11.1. The van der Waals surface area contributed by atoms with Gasteiger partial charge in [-0.25, -0.2) is 4.98 Å². The predicted molar refractivity (Wildman–Crippen MR) is 57.6 cm³/mol. The number of nitrogens with two attached hydrogens (primary N) is 1. The highest BCUT2D eigenvalue weighted by Crippen LogP contribution is 2.26. The zero-order chi connectivity index (χ0) is 10.6. The van der Waals surface area contributed by atoms with E-state index >= 15 is 0 Å². The Hall–Kier alpha value is -0.940. The van der Waals surface area contributed by atoms with Gasteiger partial charge in [-0.3, -0.25) is 0 Å². The van der Waals surface area contributed by atoms with Gasteiger partial charge in [-0.15, -0.1) is 11.8 Å². The average molecular weight is 214 g/mol. The third-order valence-electron chi connectivity index (χ3n) is 1.64. The molecular formula is C9H14N2O2S. The van der Waals surface area contributed by atoms with Gasteiger partial charge < -0.3 is 15.6 Å². The van der Waals surface area contributed by atoms with Crippen molar-refractivity contribution >= 4 is 17.4 Å². The summed E-state index contributed by atoms with van der Waals surface area (Å²) in [7, 11) is 1.53. The van der Waals surface area contributed by atoms with Crippen LogP contribution in [-0.4, -0.2) is 29.1 Å². The Labute approximate surface area is 87.5 Å². The Morgan fingerprint density at radius 3 is 2.93 bits per heavy atom. The van der Waals surface area contributed by atoms with E-state index in [-0.39, 0.29) is 11.9 Å². The van der Waals surface area contributed by atoms with Gasteiger partial charge in [0.15, 0.2) is 0 Å². The average Bonchev–Trinajstić information content (AvgIpc) is 2.20. The van der Waals surface area contributed by atoms with E-state index in [0.717, 1.165) is 5.03 Å². The second kappa shape index (κ2) is 5.07. The molecule has 1 heterocycles. The van der Waals surface area contributed by atoms with Gasteiger partial charge in [0.1, 0.15) is 5.03 Å². The van der Waals surface area contributed by atoms with E-state index in [0.29, 0.717) is 11.6 Å². The molecule has 0 spiro atoms. The Bertz CT molecular complexity index is 307. The summed E-state index contributed by atoms with van der Waals surface area (Å²) in [6.07, 6.45) is 0. The molecule has 3 N–H and O–H groups in total. The van der Waals surface area contributed by atoms with Gasteiger partial charge in [-0.05, 0) is 12.1 Å². The molecule has 0 radical (unpaired) electrons. The van der Waals surface area contributed by atoms with Crippen LogP contribution in [0.4, 0.5) is 5.69 Å². The highest BCUT2D eigenvalue weighted by atomic mass is 32.2. The van der Waals surface area contributed by atoms with Crippen molar-refractivity contribution in [1.29, 1.82) is 0 Å². The molecule has 1 aromatic rings. The number of hydrogen-bond acceptors (Lipinski definition) is 5. The first-order valence-corrected chi connectivity index (χ1v) is 5.13. The molecule has 1 aromatic heterocycles. The SMILES string of the molecule is COc1nc(SC(C)CO)ccc1N. The summed E-state index contributed by atoms with van der Waals surface area (Å²) in [4.78, 5) is 4.18. The third-order valence-corrected chi connectivity index (χ3v) is 2.66. The van der Waals surface area contributed by atoms with E-state index in [4.69, 9.17) is 15.6 Å². The Morgan fingerprint density at radius 2 is 2.36 bits per heavy atom. The van der Waals surface area contributed by atoms with Crippen LogP contribution in [0.3, 0.4) is 0 Å². The number of ether oxygens (including phenoxy) is 1. The molecule has 1 rings (SSSR count). The number of pyridine rings is 1. The normalized spacial score (nSPS) is 12.5. The van der Waals surface area contributed by atoms with Crippen molar-refractivity contribution in [3.05, 3.63) is 12.1 Å². The maximum absolute atomic E-state index is 8.87. The number of hydrogen-bond donors (Lipinski definition) is 2. The topological polar surface area (TPSA) is 68.4 Å². The molecule has 0 aromatic carbocycles. The minimum Gasteiger partial charge on any atom is -0.480 e. The minimum absolute atomic E-state index is 0.121. The van der Waals surface area contributed by atoms with Crippen molar-refractivity contribution in [2.24, 2.45) is 0 Å². The maximum atomic E-state index is 8.87. The van der Waals surface area contributed by atoms with Crippen molar-refractivity contribution in [3.63, 3.8) is 0 Å². The number of nitrogen functional groups attached to an aromatic ring is 1. The molecule has 0 bridgehead atoms. The number of rotatable bonds is 4. The van der Waals surface area contributed by atoms with Crippen LogP contribution in [0.1, 0.15) is 6.92 Å². The summed E-state index contributed by atoms with van der Waals surface area (Å²) in [6.45, 7) is 2.05. The number of aliphatic hydroxyl groups is 1. The molecule has 0 saturated heterocycles. The lowest BCUT2D eigenvalue weighted by atomic mass is 10.4. The fourth-order valence-corrected chi connectivity index (χ4v) is 1.68. The van der Waals surface area contributed by atoms with Gasteiger partial charge in [0.2, 0.25) is 5.88 Å². The van der Waals surface area contributed by atoms with Crippen LogP contribution in [0, 0.1) is 0 Å². The highest BCUT2D eigenvalue weighted by Gasteiger charge is 2.07. The summed E-state index contributed by atoms with van der Waals surface area (Å²) in [5.41, 5.74) is 6.14. The Balaban J connectivity index is 2.79. The maximum Gasteiger partial charge on any atom is 0.237 e. The van der Waals surface area contributed by atoms with Crippen LogP contribution >= 0.6 is 11.8 Å². The molecule has 0 aliphatic carbocycles. The molecule has 0 aliphatic heterocycles. The highest BCUT2D eigenvalue weighted by molar-refractivity contribution is 7.99. The van der Waals surface area contributed by atoms with Crippen LogP contribution in [-0.2, 0) is 0 Å². The summed E-state index contributed by atoms with van der Waals surface area (Å²) < 4.78 is 4.99. The zero-order valence-electron chi connectivity index (χ0n) is 8.23. The molecular weight excluding hydrogens is 200 g/mol. The van der Waals surface area contributed by atoms with Gasteiger partial charge in [0.25, 0.3) is 0 Å². The zero-order valence-corrected chi connectivity index (χ0v) is 9.04. The molecule has 0 aliphatic rings. The van der Waals surface area contributed by atoms with Gasteiger partial charge in [-0.1, -0.05) is 6.92 Å². The molecule has 5 heteroatoms. The van der Waals surface area contributed by atoms with E-state index in [1.807, 2.05) is 13.0 Å². The standard InChI is InChI=1S/C9H14N2O2S/c1-6(5-12)14-8-4-3-7(10)9(11-8)13-2/h3-4,6,12H,5,10H2,1-2H3. The van der Waals surface area contributed by atoms with E-state index in [1.54, 1.807) is 6.07 Å². The van der Waals surface area contributed by atoms with E-state index < -0.39 is 0 Å². The molecule has 1 unspecified atom stereocenters. The number of aliphatic hydroxyl groups excluding tert-OH is 1. The Kier molecular flexibility index (Phi) is 4.03. The lowest BCUT2D eigenvalue weighted by Gasteiger charge is -2.08. The number of anilines is 1. The predicted octanol–water partition coefficient (Wildman–Crippen LogP) is 1.15. The molecule has 14 heavy (non-hydrogen) atoms. The van der Waals surface area contributed by atoms with Crippen LogP contribution in [0.25, 0.3) is 0 Å². The van der Waals surface area contributed by atoms with E-state index in [1.165, 1.54) is 18.9 Å². The summed E-state index contributed by atoms with van der Waals surface area (Å²) in [5, 5.41) is 9.80. The van der Waals surface area contributed by atoms with Crippen LogP contribution in [0.2, 0.25) is 0 Å². The van der Waals surface area contributed by atoms with Crippen molar-refractivity contribution < 1.29 is 9.84 Å². The molecule has 0 saturated carbocycles. The number of nitrogens with zero attached hydrogens (tertiary/aromatic N) is 1. The van der Waals surface area contributed by atoms with Crippen molar-refractivity contribution in [1.82, 2.24) is 4.98 Å². The summed E-state index contributed by atoms with van der Waals surface area (Å²) >= 11 is 1.49. The van der Waals surface area contributed by atoms with Gasteiger partial charge in [0, 0.05) is 5.25 Å². The van der Waals surface area contributed by atoms with Crippen molar-refractivity contribution in [2.75, 3.05) is 19.5 Å². The number of thioether (sulfide) groups is 1. The first-order valence-electron chi connectivity index (χ1n) is 4.25. The minimum atomic E-state index is 0.121. The van der Waals surface area contributed by atoms with Gasteiger partial charge in [-0.2, -0.15) is 0 Å². The molecule has 1 atom stereocenters. The molecule has 78 valence electrons. The quantitative estimate of drug-likeness (QED) is 0.736. The van der Waals surface area contributed by atoms with Crippen molar-refractivity contribution in [3.8, 4) is 5.88 Å². The second-order valence-electron chi connectivity index (χ2n) is 2.86. The largest absolute Gasteiger partial charge is 0.480 e. The molecule has 4 nitrogen and oxygen atoms in total. The first-order chi connectivity index (χ1) is 6.67. The fourth-order valence-electron chi connectivity index (χ4n) is 0.907. The van der Waals surface area contributed by atoms with E-state index in [2.05, 4.69) is 4.98 Å².